The number of nitrogens with one attached hydrogen (secondary N) is 1. The van der Waals surface area contributed by atoms with Crippen molar-refractivity contribution in [1.29, 1.82) is 0 Å². The molecule has 0 fully saturated rings. The summed E-state index contributed by atoms with van der Waals surface area (Å²) >= 11 is 7.44. The maximum absolute atomic E-state index is 12.9. The molecule has 0 bridgehead atoms. The molecule has 3 rings (SSSR count). The van der Waals surface area contributed by atoms with Crippen molar-refractivity contribution in [3.8, 4) is 10.4 Å². The van der Waals surface area contributed by atoms with E-state index in [-0.39, 0.29) is 24.5 Å². The van der Waals surface area contributed by atoms with Crippen molar-refractivity contribution in [2.45, 2.75) is 12.8 Å². The van der Waals surface area contributed by atoms with Crippen LogP contribution in [0.2, 0.25) is 5.02 Å². The van der Waals surface area contributed by atoms with Crippen LogP contribution < -0.4 is 5.32 Å². The Kier molecular flexibility index (Phi) is 7.74. The molecule has 7 heteroatoms. The summed E-state index contributed by atoms with van der Waals surface area (Å²) in [4.78, 5) is 33.0. The van der Waals surface area contributed by atoms with Crippen LogP contribution in [0.15, 0.2) is 54.9 Å². The summed E-state index contributed by atoms with van der Waals surface area (Å²) in [5, 5.41) is 3.58. The number of aromatic nitrogens is 1. The molecule has 0 aliphatic heterocycles. The number of carbonyl (C=O) groups excluding carboxylic acids is 2. The maximum Gasteiger partial charge on any atom is 0.224 e. The topological polar surface area (TPSA) is 62.3 Å². The Morgan fingerprint density at radius 1 is 1.13 bits per heavy atom. The predicted octanol–water partition coefficient (Wildman–Crippen LogP) is 4.11. The van der Waals surface area contributed by atoms with Gasteiger partial charge in [0.15, 0.2) is 5.78 Å². The summed E-state index contributed by atoms with van der Waals surface area (Å²) in [6.45, 7) is 1.35. The lowest BCUT2D eigenvalue weighted by atomic mass is 10.0. The number of rotatable bonds is 9. The third-order valence-corrected chi connectivity index (χ3v) is 6.03. The third-order valence-electron chi connectivity index (χ3n) is 4.51. The number of likely N-dealkylation sites (N-methyl/N-ethyl adjacent to an activating group) is 1. The van der Waals surface area contributed by atoms with E-state index in [9.17, 15) is 9.59 Å². The number of pyridine rings is 1. The second-order valence-corrected chi connectivity index (χ2v) is 8.75. The highest BCUT2D eigenvalue weighted by molar-refractivity contribution is 7.17. The Bertz CT molecular complexity index is 1000. The van der Waals surface area contributed by atoms with Gasteiger partial charge in [0.25, 0.3) is 0 Å². The maximum atomic E-state index is 12.9. The molecule has 0 saturated carbocycles. The van der Waals surface area contributed by atoms with Crippen LogP contribution in [-0.4, -0.2) is 48.8 Å². The Hall–Kier alpha value is -2.54. The molecule has 0 saturated heterocycles. The Morgan fingerprint density at radius 3 is 2.57 bits per heavy atom. The lowest BCUT2D eigenvalue weighted by molar-refractivity contribution is -0.120. The van der Waals surface area contributed by atoms with Gasteiger partial charge in [-0.3, -0.25) is 14.6 Å². The zero-order valence-corrected chi connectivity index (χ0v) is 18.6. The van der Waals surface area contributed by atoms with Crippen molar-refractivity contribution in [2.24, 2.45) is 0 Å². The van der Waals surface area contributed by atoms with Gasteiger partial charge in [-0.05, 0) is 55.1 Å². The summed E-state index contributed by atoms with van der Waals surface area (Å²) < 4.78 is 0. The van der Waals surface area contributed by atoms with E-state index in [0.29, 0.717) is 16.4 Å². The van der Waals surface area contributed by atoms with E-state index in [1.807, 2.05) is 61.5 Å². The van der Waals surface area contributed by atoms with Gasteiger partial charge in [-0.2, -0.15) is 0 Å². The van der Waals surface area contributed by atoms with Crippen LogP contribution in [0.3, 0.4) is 0 Å². The monoisotopic (exact) mass is 441 g/mol. The number of thiophene rings is 1. The molecular weight excluding hydrogens is 418 g/mol. The average molecular weight is 442 g/mol. The molecule has 2 heterocycles. The highest BCUT2D eigenvalue weighted by Gasteiger charge is 2.18. The predicted molar refractivity (Wildman–Crippen MR) is 122 cm³/mol. The lowest BCUT2D eigenvalue weighted by Crippen LogP contribution is -2.32. The van der Waals surface area contributed by atoms with E-state index in [4.69, 9.17) is 11.6 Å². The van der Waals surface area contributed by atoms with Gasteiger partial charge in [0, 0.05) is 41.8 Å². The van der Waals surface area contributed by atoms with Crippen molar-refractivity contribution in [1.82, 2.24) is 15.2 Å². The first kappa shape index (κ1) is 22.2. The molecule has 0 unspecified atom stereocenters. The number of hydrogen-bond acceptors (Lipinski definition) is 5. The van der Waals surface area contributed by atoms with E-state index in [2.05, 4.69) is 10.3 Å². The third kappa shape index (κ3) is 6.23. The van der Waals surface area contributed by atoms with Crippen molar-refractivity contribution in [2.75, 3.05) is 27.2 Å². The summed E-state index contributed by atoms with van der Waals surface area (Å²) in [5.41, 5.74) is 2.66. The van der Waals surface area contributed by atoms with Gasteiger partial charge in [-0.1, -0.05) is 29.8 Å². The second kappa shape index (κ2) is 10.5. The van der Waals surface area contributed by atoms with Crippen LogP contribution in [0.1, 0.15) is 20.8 Å². The van der Waals surface area contributed by atoms with Crippen molar-refractivity contribution in [3.63, 3.8) is 0 Å². The minimum absolute atomic E-state index is 0.0162. The van der Waals surface area contributed by atoms with E-state index in [0.717, 1.165) is 28.1 Å². The number of amides is 1. The molecule has 0 spiro atoms. The highest BCUT2D eigenvalue weighted by Crippen LogP contribution is 2.34. The van der Waals surface area contributed by atoms with E-state index < -0.39 is 0 Å². The van der Waals surface area contributed by atoms with E-state index in [1.54, 1.807) is 12.4 Å². The van der Waals surface area contributed by atoms with Gasteiger partial charge in [0.1, 0.15) is 0 Å². The molecular formula is C23H24ClN3O2S. The van der Waals surface area contributed by atoms with Crippen molar-refractivity contribution in [3.05, 3.63) is 75.9 Å². The molecule has 0 radical (unpaired) electrons. The standard InChI is InChI=1S/C23H24ClN3O2S/c1-27(2)11-10-26-22(29)14-18-13-21(20(28)12-16-4-3-9-25-15-16)30-23(18)17-5-7-19(24)8-6-17/h3-9,13,15H,10-12,14H2,1-2H3,(H,26,29). The van der Waals surface area contributed by atoms with Crippen LogP contribution in [0, 0.1) is 0 Å². The van der Waals surface area contributed by atoms with Gasteiger partial charge in [-0.25, -0.2) is 0 Å². The molecule has 2 aromatic heterocycles. The largest absolute Gasteiger partial charge is 0.355 e. The van der Waals surface area contributed by atoms with E-state index in [1.165, 1.54) is 11.3 Å². The molecule has 0 aliphatic rings. The fourth-order valence-corrected chi connectivity index (χ4v) is 4.22. The van der Waals surface area contributed by atoms with E-state index >= 15 is 0 Å². The van der Waals surface area contributed by atoms with Crippen LogP contribution in [0.25, 0.3) is 10.4 Å². The van der Waals surface area contributed by atoms with Crippen molar-refractivity contribution < 1.29 is 9.59 Å². The van der Waals surface area contributed by atoms with Gasteiger partial charge >= 0.3 is 0 Å². The zero-order chi connectivity index (χ0) is 21.5. The first-order chi connectivity index (χ1) is 14.4. The van der Waals surface area contributed by atoms with Crippen LogP contribution in [0.5, 0.6) is 0 Å². The molecule has 30 heavy (non-hydrogen) atoms. The summed E-state index contributed by atoms with van der Waals surface area (Å²) in [6, 6.07) is 13.0. The molecule has 156 valence electrons. The van der Waals surface area contributed by atoms with Gasteiger partial charge in [-0.15, -0.1) is 11.3 Å². The number of nitrogens with zero attached hydrogens (tertiary/aromatic N) is 2. The Balaban J connectivity index is 1.82. The second-order valence-electron chi connectivity index (χ2n) is 7.26. The highest BCUT2D eigenvalue weighted by atomic mass is 35.5. The normalized spacial score (nSPS) is 10.9. The van der Waals surface area contributed by atoms with Crippen LogP contribution in [0.4, 0.5) is 0 Å². The molecule has 5 nitrogen and oxygen atoms in total. The first-order valence-electron chi connectivity index (χ1n) is 9.64. The molecule has 3 aromatic rings. The number of Topliss-reactive ketones (excluding diaryl/α,β-unsaturated/α-hetero) is 1. The number of benzene rings is 1. The average Bonchev–Trinajstić information content (AvgIpc) is 3.13. The van der Waals surface area contributed by atoms with Gasteiger partial charge in [0.2, 0.25) is 5.91 Å². The summed E-state index contributed by atoms with van der Waals surface area (Å²) in [5.74, 6) is -0.0430. The van der Waals surface area contributed by atoms with Crippen LogP contribution >= 0.6 is 22.9 Å². The summed E-state index contributed by atoms with van der Waals surface area (Å²) in [7, 11) is 3.92. The molecule has 0 aliphatic carbocycles. The zero-order valence-electron chi connectivity index (χ0n) is 17.0. The molecule has 1 amide bonds. The quantitative estimate of drug-likeness (QED) is 0.507. The smallest absolute Gasteiger partial charge is 0.224 e. The van der Waals surface area contributed by atoms with Crippen molar-refractivity contribution >= 4 is 34.6 Å². The number of hydrogen-bond donors (Lipinski definition) is 1. The van der Waals surface area contributed by atoms with Gasteiger partial charge < -0.3 is 10.2 Å². The molecule has 0 atom stereocenters. The fourth-order valence-electron chi connectivity index (χ4n) is 2.97. The molecule has 1 N–H and O–H groups in total. The number of carbonyl (C=O) groups is 2. The minimum atomic E-state index is -0.0591. The minimum Gasteiger partial charge on any atom is -0.355 e. The number of ketones is 1. The SMILES string of the molecule is CN(C)CCNC(=O)Cc1cc(C(=O)Cc2cccnc2)sc1-c1ccc(Cl)cc1. The number of halogens is 1. The Morgan fingerprint density at radius 2 is 1.90 bits per heavy atom. The van der Waals surface area contributed by atoms with Crippen LogP contribution in [-0.2, 0) is 17.6 Å². The summed E-state index contributed by atoms with van der Waals surface area (Å²) in [6.07, 6.45) is 3.89. The first-order valence-corrected chi connectivity index (χ1v) is 10.8. The van der Waals surface area contributed by atoms with Gasteiger partial charge in [0.05, 0.1) is 11.3 Å². The lowest BCUT2D eigenvalue weighted by Gasteiger charge is -2.10. The molecule has 1 aromatic carbocycles. The fraction of sp³-hybridized carbons (Fsp3) is 0.261. The Labute approximate surface area is 185 Å².